The van der Waals surface area contributed by atoms with Crippen LogP contribution in [0.4, 0.5) is 0 Å². The molecule has 33 heavy (non-hydrogen) atoms. The number of benzene rings is 2. The molecule has 0 spiro atoms. The largest absolute Gasteiger partial charge is 0.466 e. The third kappa shape index (κ3) is 4.53. The molecular weight excluding hydrogens is 464 g/mol. The van der Waals surface area contributed by atoms with Crippen LogP contribution in [0.3, 0.4) is 0 Å². The molecule has 0 amide bonds. The topological polar surface area (TPSA) is 87.0 Å². The van der Waals surface area contributed by atoms with Gasteiger partial charge in [-0.2, -0.15) is 0 Å². The molecule has 168 valence electrons. The summed E-state index contributed by atoms with van der Waals surface area (Å²) in [4.78, 5) is 42.2. The first-order valence-electron chi connectivity index (χ1n) is 9.93. The van der Waals surface area contributed by atoms with E-state index >= 15 is 0 Å². The number of nitrogens with zero attached hydrogens (tertiary/aromatic N) is 2. The Bertz CT molecular complexity index is 1450. The molecule has 7 nitrogen and oxygen atoms in total. The van der Waals surface area contributed by atoms with Crippen LogP contribution >= 0.6 is 22.9 Å². The van der Waals surface area contributed by atoms with Gasteiger partial charge in [-0.05, 0) is 48.4 Å². The van der Waals surface area contributed by atoms with Crippen LogP contribution < -0.4 is 19.6 Å². The zero-order chi connectivity index (χ0) is 23.7. The number of methoxy groups -OCH3 is 1. The van der Waals surface area contributed by atoms with Crippen LogP contribution in [-0.2, 0) is 14.3 Å². The van der Waals surface area contributed by atoms with Crippen LogP contribution in [0.1, 0.15) is 31.0 Å². The molecule has 9 heteroatoms. The number of halogens is 1. The van der Waals surface area contributed by atoms with Gasteiger partial charge in [0.05, 0.1) is 29.0 Å². The monoisotopic (exact) mass is 482 g/mol. The first kappa shape index (κ1) is 22.7. The van der Waals surface area contributed by atoms with Crippen LogP contribution in [0.15, 0.2) is 69.6 Å². The van der Waals surface area contributed by atoms with E-state index in [1.54, 1.807) is 61.5 Å². The number of hydrogen-bond donors (Lipinski definition) is 0. The predicted molar refractivity (Wildman–Crippen MR) is 125 cm³/mol. The quantitative estimate of drug-likeness (QED) is 0.421. The van der Waals surface area contributed by atoms with Gasteiger partial charge in [-0.3, -0.25) is 14.2 Å². The minimum Gasteiger partial charge on any atom is -0.466 e. The van der Waals surface area contributed by atoms with E-state index in [0.29, 0.717) is 36.9 Å². The second-order valence-electron chi connectivity index (χ2n) is 7.29. The van der Waals surface area contributed by atoms with Gasteiger partial charge >= 0.3 is 11.9 Å². The van der Waals surface area contributed by atoms with Crippen LogP contribution in [0, 0.1) is 0 Å². The third-order valence-corrected chi connectivity index (χ3v) is 6.29. The Morgan fingerprint density at radius 1 is 1.12 bits per heavy atom. The van der Waals surface area contributed by atoms with Crippen molar-refractivity contribution in [3.63, 3.8) is 0 Å². The van der Waals surface area contributed by atoms with Gasteiger partial charge in [-0.15, -0.1) is 0 Å². The number of thiazole rings is 1. The number of allylic oxidation sites excluding steroid dienone is 1. The van der Waals surface area contributed by atoms with Crippen LogP contribution in [0.25, 0.3) is 6.08 Å². The van der Waals surface area contributed by atoms with E-state index in [1.165, 1.54) is 29.9 Å². The summed E-state index contributed by atoms with van der Waals surface area (Å²) in [7, 11) is 1.30. The molecule has 1 aliphatic rings. The molecule has 0 radical (unpaired) electrons. The van der Waals surface area contributed by atoms with Crippen molar-refractivity contribution in [2.45, 2.75) is 19.9 Å². The number of hydrogen-bond acceptors (Lipinski definition) is 7. The van der Waals surface area contributed by atoms with E-state index < -0.39 is 18.0 Å². The Morgan fingerprint density at radius 3 is 2.39 bits per heavy atom. The summed E-state index contributed by atoms with van der Waals surface area (Å²) in [5, 5.41) is 0.545. The Kier molecular flexibility index (Phi) is 6.31. The second-order valence-corrected chi connectivity index (χ2v) is 8.73. The van der Waals surface area contributed by atoms with E-state index in [-0.39, 0.29) is 5.56 Å². The Morgan fingerprint density at radius 2 is 1.79 bits per heavy atom. The molecule has 0 bridgehead atoms. The van der Waals surface area contributed by atoms with Gasteiger partial charge in [0.2, 0.25) is 0 Å². The molecule has 0 aliphatic carbocycles. The number of carbonyl (C=O) groups excluding carboxylic acids is 2. The molecule has 3 aromatic rings. The van der Waals surface area contributed by atoms with Gasteiger partial charge in [0.1, 0.15) is 5.75 Å². The summed E-state index contributed by atoms with van der Waals surface area (Å²) in [6.45, 7) is 3.05. The second kappa shape index (κ2) is 9.17. The fraction of sp³-hybridized carbons (Fsp3) is 0.167. The van der Waals surface area contributed by atoms with Crippen LogP contribution in [-0.4, -0.2) is 23.6 Å². The highest BCUT2D eigenvalue weighted by atomic mass is 35.5. The first-order valence-corrected chi connectivity index (χ1v) is 11.1. The van der Waals surface area contributed by atoms with Crippen LogP contribution in [0.5, 0.6) is 5.75 Å². The van der Waals surface area contributed by atoms with Gasteiger partial charge < -0.3 is 9.47 Å². The van der Waals surface area contributed by atoms with E-state index in [1.807, 2.05) is 0 Å². The molecule has 0 unspecified atom stereocenters. The number of carbonyl (C=O) groups is 2. The lowest BCUT2D eigenvalue weighted by atomic mass is 9.96. The summed E-state index contributed by atoms with van der Waals surface area (Å²) >= 11 is 7.28. The molecule has 2 heterocycles. The number of rotatable bonds is 4. The summed E-state index contributed by atoms with van der Waals surface area (Å²) in [5.41, 5.74) is 1.97. The Labute approximate surface area is 197 Å². The Hall–Kier alpha value is -3.49. The Balaban J connectivity index is 1.87. The van der Waals surface area contributed by atoms with Crippen molar-refractivity contribution in [1.82, 2.24) is 4.57 Å². The minimum atomic E-state index is -0.695. The zero-order valence-electron chi connectivity index (χ0n) is 18.0. The first-order chi connectivity index (χ1) is 15.8. The summed E-state index contributed by atoms with van der Waals surface area (Å²) < 4.78 is 12.0. The van der Waals surface area contributed by atoms with Crippen molar-refractivity contribution in [2.75, 3.05) is 7.11 Å². The highest BCUT2D eigenvalue weighted by Gasteiger charge is 2.33. The van der Waals surface area contributed by atoms with Crippen molar-refractivity contribution in [1.29, 1.82) is 0 Å². The lowest BCUT2D eigenvalue weighted by Crippen LogP contribution is -2.39. The number of aromatic nitrogens is 1. The van der Waals surface area contributed by atoms with Crippen molar-refractivity contribution >= 4 is 41.0 Å². The molecule has 0 saturated heterocycles. The number of fused-ring (bicyclic) bond motifs is 1. The fourth-order valence-corrected chi connectivity index (χ4v) is 4.78. The fourth-order valence-electron chi connectivity index (χ4n) is 3.60. The van der Waals surface area contributed by atoms with E-state index in [0.717, 1.165) is 5.56 Å². The number of ether oxygens (including phenoxy) is 2. The maximum absolute atomic E-state index is 13.5. The van der Waals surface area contributed by atoms with Crippen molar-refractivity contribution in [3.05, 3.63) is 95.6 Å². The maximum atomic E-state index is 13.5. The molecule has 1 aliphatic heterocycles. The highest BCUT2D eigenvalue weighted by Crippen LogP contribution is 2.31. The summed E-state index contributed by atoms with van der Waals surface area (Å²) in [6, 6.07) is 13.1. The van der Waals surface area contributed by atoms with Gasteiger partial charge in [-0.1, -0.05) is 47.2 Å². The normalized spacial score (nSPS) is 15.6. The standard InChI is InChI=1S/C24H19ClN2O5S/c1-13-20(23(30)31-3)21(16-6-8-17(25)9-7-16)27-22(29)19(33-24(27)26-13)12-15-4-10-18(11-5-15)32-14(2)28/h4-12,21H,1-3H3/b19-12+/t21-/m0/s1. The molecule has 0 saturated carbocycles. The van der Waals surface area contributed by atoms with E-state index in [9.17, 15) is 14.4 Å². The predicted octanol–water partition coefficient (Wildman–Crippen LogP) is 2.99. The average Bonchev–Trinajstić information content (AvgIpc) is 3.08. The molecular formula is C24H19ClN2O5S. The molecule has 1 aromatic heterocycles. The van der Waals surface area contributed by atoms with Gasteiger partial charge in [0, 0.05) is 11.9 Å². The SMILES string of the molecule is COC(=O)C1=C(C)N=c2s/c(=C/c3ccc(OC(C)=O)cc3)c(=O)n2[C@H]1c1ccc(Cl)cc1. The van der Waals surface area contributed by atoms with Gasteiger partial charge in [0.15, 0.2) is 4.80 Å². The molecule has 0 fully saturated rings. The van der Waals surface area contributed by atoms with Gasteiger partial charge in [-0.25, -0.2) is 9.79 Å². The molecule has 4 rings (SSSR count). The lowest BCUT2D eigenvalue weighted by molar-refractivity contribution is -0.136. The lowest BCUT2D eigenvalue weighted by Gasteiger charge is -2.24. The minimum absolute atomic E-state index is 0.281. The molecule has 0 N–H and O–H groups in total. The summed E-state index contributed by atoms with van der Waals surface area (Å²) in [5.74, 6) is -0.538. The van der Waals surface area contributed by atoms with Gasteiger partial charge in [0.25, 0.3) is 5.56 Å². The third-order valence-electron chi connectivity index (χ3n) is 5.05. The smallest absolute Gasteiger partial charge is 0.338 e. The molecule has 2 aromatic carbocycles. The molecule has 1 atom stereocenters. The highest BCUT2D eigenvalue weighted by molar-refractivity contribution is 7.07. The average molecular weight is 483 g/mol. The maximum Gasteiger partial charge on any atom is 0.338 e. The van der Waals surface area contributed by atoms with Crippen molar-refractivity contribution in [2.24, 2.45) is 4.99 Å². The number of esters is 2. The van der Waals surface area contributed by atoms with Crippen molar-refractivity contribution < 1.29 is 19.1 Å². The zero-order valence-corrected chi connectivity index (χ0v) is 19.6. The summed E-state index contributed by atoms with van der Waals surface area (Å²) in [6.07, 6.45) is 1.73. The van der Waals surface area contributed by atoms with Crippen molar-refractivity contribution in [3.8, 4) is 5.75 Å². The van der Waals surface area contributed by atoms with E-state index in [2.05, 4.69) is 4.99 Å². The van der Waals surface area contributed by atoms with E-state index in [4.69, 9.17) is 21.1 Å². The van der Waals surface area contributed by atoms with Crippen LogP contribution in [0.2, 0.25) is 5.02 Å².